The van der Waals surface area contributed by atoms with Crippen LogP contribution in [0.1, 0.15) is 33.3 Å². The first-order chi connectivity index (χ1) is 8.28. The predicted molar refractivity (Wildman–Crippen MR) is 75.1 cm³/mol. The van der Waals surface area contributed by atoms with Crippen molar-refractivity contribution < 1.29 is 9.31 Å². The maximum Gasteiger partial charge on any atom is 0.515 e. The van der Waals surface area contributed by atoms with E-state index in [1.165, 1.54) is 0 Å². The lowest BCUT2D eigenvalue weighted by Gasteiger charge is -2.32. The molecule has 1 fully saturated rings. The molecule has 0 unspecified atom stereocenters. The maximum absolute atomic E-state index is 6.13. The van der Waals surface area contributed by atoms with Gasteiger partial charge in [0.15, 0.2) is 0 Å². The topological polar surface area (TPSA) is 31.4 Å². The standard InChI is InChI=1S/C13H17BClNO2/c1-6-9-10(15)7-8-16-11(9)14-17-12(2,3)13(4,5)18-14/h6-8H,1H2,2-5H3. The van der Waals surface area contributed by atoms with Gasteiger partial charge in [-0.1, -0.05) is 24.3 Å². The molecule has 0 atom stereocenters. The summed E-state index contributed by atoms with van der Waals surface area (Å²) in [4.78, 5) is 4.32. The Balaban J connectivity index is 2.41. The van der Waals surface area contributed by atoms with E-state index in [1.807, 2.05) is 27.7 Å². The third-order valence-corrected chi connectivity index (χ3v) is 3.98. The number of halogens is 1. The normalized spacial score (nSPS) is 21.1. The minimum atomic E-state index is -0.512. The molecule has 2 rings (SSSR count). The van der Waals surface area contributed by atoms with Crippen molar-refractivity contribution in [3.63, 3.8) is 0 Å². The van der Waals surface area contributed by atoms with Crippen molar-refractivity contribution in [2.24, 2.45) is 0 Å². The van der Waals surface area contributed by atoms with E-state index in [2.05, 4.69) is 11.6 Å². The summed E-state index contributed by atoms with van der Waals surface area (Å²) in [5, 5.41) is 0.602. The summed E-state index contributed by atoms with van der Waals surface area (Å²) in [6, 6.07) is 1.73. The summed E-state index contributed by atoms with van der Waals surface area (Å²) in [5.74, 6) is 0. The number of hydrogen-bond donors (Lipinski definition) is 0. The highest BCUT2D eigenvalue weighted by Crippen LogP contribution is 2.36. The van der Waals surface area contributed by atoms with Gasteiger partial charge in [0.05, 0.1) is 21.8 Å². The highest BCUT2D eigenvalue weighted by Gasteiger charge is 2.52. The van der Waals surface area contributed by atoms with E-state index in [4.69, 9.17) is 20.9 Å². The Kier molecular flexibility index (Phi) is 3.30. The van der Waals surface area contributed by atoms with Crippen LogP contribution in [0.5, 0.6) is 0 Å². The van der Waals surface area contributed by atoms with Gasteiger partial charge in [-0.15, -0.1) is 0 Å². The SMILES string of the molecule is C=Cc1c(Cl)ccnc1B1OC(C)(C)C(C)(C)O1. The molecule has 0 bridgehead atoms. The first kappa shape index (κ1) is 13.6. The lowest BCUT2D eigenvalue weighted by atomic mass is 9.81. The van der Waals surface area contributed by atoms with E-state index in [1.54, 1.807) is 18.3 Å². The molecule has 0 N–H and O–H groups in total. The van der Waals surface area contributed by atoms with E-state index in [-0.39, 0.29) is 11.2 Å². The highest BCUT2D eigenvalue weighted by atomic mass is 35.5. The van der Waals surface area contributed by atoms with Crippen LogP contribution in [0.25, 0.3) is 6.08 Å². The molecule has 0 saturated carbocycles. The van der Waals surface area contributed by atoms with Crippen LogP contribution in [0.3, 0.4) is 0 Å². The van der Waals surface area contributed by atoms with E-state index in [9.17, 15) is 0 Å². The highest BCUT2D eigenvalue weighted by molar-refractivity contribution is 6.62. The quantitative estimate of drug-likeness (QED) is 0.771. The minimum Gasteiger partial charge on any atom is -0.398 e. The molecule has 1 aliphatic heterocycles. The summed E-state index contributed by atoms with van der Waals surface area (Å²) in [7, 11) is -0.512. The molecule has 1 aliphatic rings. The zero-order valence-corrected chi connectivity index (χ0v) is 11.9. The number of pyridine rings is 1. The first-order valence-electron chi connectivity index (χ1n) is 5.91. The van der Waals surface area contributed by atoms with E-state index in [0.29, 0.717) is 10.6 Å². The Bertz CT molecular complexity index is 472. The van der Waals surface area contributed by atoms with E-state index >= 15 is 0 Å². The lowest BCUT2D eigenvalue weighted by Crippen LogP contribution is -2.41. The fraction of sp³-hybridized carbons (Fsp3) is 0.462. The van der Waals surface area contributed by atoms with Crippen LogP contribution in [-0.2, 0) is 9.31 Å². The molecule has 1 aromatic rings. The van der Waals surface area contributed by atoms with Gasteiger partial charge in [-0.2, -0.15) is 0 Å². The molecular formula is C13H17BClNO2. The molecule has 0 radical (unpaired) electrons. The average molecular weight is 266 g/mol. The second-order valence-electron chi connectivity index (χ2n) is 5.38. The number of nitrogens with zero attached hydrogens (tertiary/aromatic N) is 1. The number of aromatic nitrogens is 1. The Morgan fingerprint density at radius 2 is 1.83 bits per heavy atom. The number of hydrogen-bond acceptors (Lipinski definition) is 3. The molecule has 2 heterocycles. The van der Waals surface area contributed by atoms with Crippen molar-refractivity contribution in [1.29, 1.82) is 0 Å². The lowest BCUT2D eigenvalue weighted by molar-refractivity contribution is 0.00578. The van der Waals surface area contributed by atoms with Crippen LogP contribution in [0.4, 0.5) is 0 Å². The Morgan fingerprint density at radius 1 is 1.28 bits per heavy atom. The van der Waals surface area contributed by atoms with Crippen LogP contribution in [0.15, 0.2) is 18.8 Å². The summed E-state index contributed by atoms with van der Waals surface area (Å²) >= 11 is 6.13. The van der Waals surface area contributed by atoms with E-state index in [0.717, 1.165) is 5.56 Å². The molecule has 3 nitrogen and oxygen atoms in total. The van der Waals surface area contributed by atoms with Gasteiger partial charge < -0.3 is 9.31 Å². The molecule has 18 heavy (non-hydrogen) atoms. The zero-order valence-electron chi connectivity index (χ0n) is 11.2. The van der Waals surface area contributed by atoms with Crippen LogP contribution in [0.2, 0.25) is 5.02 Å². The molecule has 0 aromatic carbocycles. The molecule has 0 spiro atoms. The molecule has 1 saturated heterocycles. The molecule has 0 aliphatic carbocycles. The molecule has 0 amide bonds. The predicted octanol–water partition coefficient (Wildman–Crippen LogP) is 2.68. The zero-order chi connectivity index (χ0) is 13.6. The molecule has 96 valence electrons. The molecular weight excluding hydrogens is 248 g/mol. The maximum atomic E-state index is 6.13. The fourth-order valence-electron chi connectivity index (χ4n) is 1.81. The monoisotopic (exact) mass is 265 g/mol. The van der Waals surface area contributed by atoms with Crippen molar-refractivity contribution in [2.45, 2.75) is 38.9 Å². The van der Waals surface area contributed by atoms with Gasteiger partial charge in [-0.05, 0) is 33.8 Å². The van der Waals surface area contributed by atoms with Crippen molar-refractivity contribution in [3.8, 4) is 0 Å². The third-order valence-electron chi connectivity index (χ3n) is 3.65. The molecule has 1 aromatic heterocycles. The van der Waals surface area contributed by atoms with Gasteiger partial charge in [-0.3, -0.25) is 4.98 Å². The van der Waals surface area contributed by atoms with Gasteiger partial charge >= 0.3 is 7.12 Å². The van der Waals surface area contributed by atoms with Crippen LogP contribution in [-0.4, -0.2) is 23.3 Å². The van der Waals surface area contributed by atoms with Gasteiger partial charge in [0, 0.05) is 11.8 Å². The van der Waals surface area contributed by atoms with Gasteiger partial charge in [-0.25, -0.2) is 0 Å². The van der Waals surface area contributed by atoms with Crippen molar-refractivity contribution in [2.75, 3.05) is 0 Å². The minimum absolute atomic E-state index is 0.389. The Morgan fingerprint density at radius 3 is 2.33 bits per heavy atom. The van der Waals surface area contributed by atoms with Gasteiger partial charge in [0.2, 0.25) is 0 Å². The third kappa shape index (κ3) is 2.09. The van der Waals surface area contributed by atoms with E-state index < -0.39 is 7.12 Å². The smallest absolute Gasteiger partial charge is 0.398 e. The largest absolute Gasteiger partial charge is 0.515 e. The van der Waals surface area contributed by atoms with Crippen molar-refractivity contribution in [3.05, 3.63) is 29.4 Å². The second kappa shape index (κ2) is 4.37. The fourth-order valence-corrected chi connectivity index (χ4v) is 2.04. The van der Waals surface area contributed by atoms with Crippen LogP contribution >= 0.6 is 11.6 Å². The second-order valence-corrected chi connectivity index (χ2v) is 5.79. The van der Waals surface area contributed by atoms with Gasteiger partial charge in [0.1, 0.15) is 0 Å². The summed E-state index contributed by atoms with van der Waals surface area (Å²) in [5.41, 5.74) is 0.661. The van der Waals surface area contributed by atoms with Crippen LogP contribution < -0.4 is 5.59 Å². The Hall–Kier alpha value is -0.835. The van der Waals surface area contributed by atoms with Crippen molar-refractivity contribution in [1.82, 2.24) is 4.98 Å². The summed E-state index contributed by atoms with van der Waals surface area (Å²) in [6.45, 7) is 11.8. The van der Waals surface area contributed by atoms with Crippen molar-refractivity contribution >= 4 is 30.4 Å². The Labute approximate surface area is 113 Å². The average Bonchev–Trinajstić information content (AvgIpc) is 2.47. The number of rotatable bonds is 2. The van der Waals surface area contributed by atoms with Gasteiger partial charge in [0.25, 0.3) is 0 Å². The summed E-state index contributed by atoms with van der Waals surface area (Å²) < 4.78 is 11.9. The summed E-state index contributed by atoms with van der Waals surface area (Å²) in [6.07, 6.45) is 3.32. The molecule has 5 heteroatoms. The first-order valence-corrected chi connectivity index (χ1v) is 6.29. The van der Waals surface area contributed by atoms with Crippen LogP contribution in [0, 0.1) is 0 Å².